The Balaban J connectivity index is 2.19. The lowest BCUT2D eigenvalue weighted by molar-refractivity contribution is 0.0216. The minimum Gasteiger partial charge on any atom is -0.389 e. The van der Waals surface area contributed by atoms with Gasteiger partial charge in [0.1, 0.15) is 6.10 Å². The topological polar surface area (TPSA) is 83.8 Å². The van der Waals surface area contributed by atoms with E-state index in [1.165, 1.54) is 11.3 Å². The maximum atomic E-state index is 10.4. The van der Waals surface area contributed by atoms with Crippen LogP contribution in [0.25, 0.3) is 16.2 Å². The Morgan fingerprint density at radius 3 is 2.70 bits per heavy atom. The minimum atomic E-state index is -1.07. The number of hydrogen-bond acceptors (Lipinski definition) is 5. The molecule has 6 heteroatoms. The monoisotopic (exact) mass is 289 g/mol. The third-order valence-corrected chi connectivity index (χ3v) is 3.99. The van der Waals surface area contributed by atoms with Crippen molar-refractivity contribution in [3.63, 3.8) is 0 Å². The van der Waals surface area contributed by atoms with Gasteiger partial charge in [0.15, 0.2) is 4.96 Å². The molecule has 0 saturated carbocycles. The summed E-state index contributed by atoms with van der Waals surface area (Å²) in [7, 11) is 0. The molecule has 5 nitrogen and oxygen atoms in total. The predicted octanol–water partition coefficient (Wildman–Crippen LogP) is 1.42. The zero-order chi connectivity index (χ0) is 14.1. The summed E-state index contributed by atoms with van der Waals surface area (Å²) >= 11 is 1.48. The number of nitrogens with zero attached hydrogens (tertiary/aromatic N) is 2. The maximum absolute atomic E-state index is 10.4. The van der Waals surface area contributed by atoms with Gasteiger partial charge in [-0.2, -0.15) is 0 Å². The number of fused-ring (bicyclic) bond motifs is 1. The van der Waals surface area contributed by atoms with E-state index in [1.54, 1.807) is 4.40 Å². The van der Waals surface area contributed by atoms with Crippen molar-refractivity contribution in [1.29, 1.82) is 0 Å². The lowest BCUT2D eigenvalue weighted by Crippen LogP contribution is -2.28. The van der Waals surface area contributed by atoms with Crippen LogP contribution in [0.2, 0.25) is 0 Å². The molecule has 2 atom stereocenters. The number of nitrogens with two attached hydrogens (primary N) is 1. The summed E-state index contributed by atoms with van der Waals surface area (Å²) in [6, 6.07) is 9.61. The van der Waals surface area contributed by atoms with Gasteiger partial charge in [0.2, 0.25) is 0 Å². The Kier molecular flexibility index (Phi) is 3.54. The van der Waals surface area contributed by atoms with Gasteiger partial charge >= 0.3 is 0 Å². The fourth-order valence-electron chi connectivity index (χ4n) is 2.21. The fourth-order valence-corrected chi connectivity index (χ4v) is 2.93. The molecule has 0 fully saturated rings. The van der Waals surface area contributed by atoms with Gasteiger partial charge in [0, 0.05) is 23.7 Å². The van der Waals surface area contributed by atoms with Gasteiger partial charge in [-0.05, 0) is 0 Å². The minimum absolute atomic E-state index is 0.00718. The van der Waals surface area contributed by atoms with E-state index in [0.29, 0.717) is 11.4 Å². The number of aliphatic hydroxyl groups excluding tert-OH is 2. The zero-order valence-corrected chi connectivity index (χ0v) is 11.5. The second-order valence-corrected chi connectivity index (χ2v) is 5.39. The molecule has 2 aromatic heterocycles. The van der Waals surface area contributed by atoms with Crippen molar-refractivity contribution >= 4 is 16.3 Å². The molecule has 1 aromatic carbocycles. The Morgan fingerprint density at radius 1 is 1.25 bits per heavy atom. The van der Waals surface area contributed by atoms with Crippen LogP contribution >= 0.6 is 11.3 Å². The van der Waals surface area contributed by atoms with Crippen molar-refractivity contribution in [2.75, 3.05) is 6.54 Å². The quantitative estimate of drug-likeness (QED) is 0.678. The summed E-state index contributed by atoms with van der Waals surface area (Å²) in [4.78, 5) is 5.33. The molecule has 3 aromatic rings. The van der Waals surface area contributed by atoms with Gasteiger partial charge < -0.3 is 15.9 Å². The number of aliphatic hydroxyl groups is 2. The summed E-state index contributed by atoms with van der Waals surface area (Å²) in [5.41, 5.74) is 7.61. The number of imidazole rings is 1. The first-order chi connectivity index (χ1) is 9.72. The van der Waals surface area contributed by atoms with E-state index in [2.05, 4.69) is 4.98 Å². The summed E-state index contributed by atoms with van der Waals surface area (Å²) in [6.07, 6.45) is -0.251. The number of aromatic nitrogens is 2. The summed E-state index contributed by atoms with van der Waals surface area (Å²) < 4.78 is 1.80. The molecule has 2 unspecified atom stereocenters. The summed E-state index contributed by atoms with van der Waals surface area (Å²) in [6.45, 7) is -0.00718. The highest BCUT2D eigenvalue weighted by Crippen LogP contribution is 2.31. The average molecular weight is 289 g/mol. The van der Waals surface area contributed by atoms with Gasteiger partial charge in [0.25, 0.3) is 0 Å². The van der Waals surface area contributed by atoms with E-state index in [-0.39, 0.29) is 6.54 Å². The lowest BCUT2D eigenvalue weighted by Gasteiger charge is -2.17. The Morgan fingerprint density at radius 2 is 2.00 bits per heavy atom. The van der Waals surface area contributed by atoms with E-state index in [0.717, 1.165) is 10.5 Å². The molecule has 20 heavy (non-hydrogen) atoms. The molecule has 0 amide bonds. The van der Waals surface area contributed by atoms with Crippen molar-refractivity contribution in [2.24, 2.45) is 5.73 Å². The largest absolute Gasteiger partial charge is 0.389 e. The SMILES string of the molecule is NCC(O)C(O)c1c(-c2ccccc2)nc2sccn12. The molecule has 0 aliphatic heterocycles. The van der Waals surface area contributed by atoms with Gasteiger partial charge in [-0.15, -0.1) is 11.3 Å². The van der Waals surface area contributed by atoms with Crippen LogP contribution in [-0.4, -0.2) is 32.2 Å². The van der Waals surface area contributed by atoms with Crippen LogP contribution in [0.5, 0.6) is 0 Å². The molecule has 0 bridgehead atoms. The van der Waals surface area contributed by atoms with Crippen molar-refractivity contribution in [3.8, 4) is 11.3 Å². The molecule has 2 heterocycles. The zero-order valence-electron chi connectivity index (χ0n) is 10.7. The van der Waals surface area contributed by atoms with E-state index < -0.39 is 12.2 Å². The molecule has 0 radical (unpaired) electrons. The van der Waals surface area contributed by atoms with Gasteiger partial charge in [-0.25, -0.2) is 4.98 Å². The number of benzene rings is 1. The Hall–Kier alpha value is -1.73. The van der Waals surface area contributed by atoms with E-state index >= 15 is 0 Å². The molecular weight excluding hydrogens is 274 g/mol. The van der Waals surface area contributed by atoms with Crippen LogP contribution in [0, 0.1) is 0 Å². The summed E-state index contributed by atoms with van der Waals surface area (Å²) in [5.74, 6) is 0. The molecular formula is C14H15N3O2S. The first-order valence-corrected chi connectivity index (χ1v) is 7.17. The molecule has 3 rings (SSSR count). The van der Waals surface area contributed by atoms with E-state index in [9.17, 15) is 10.2 Å². The highest BCUT2D eigenvalue weighted by atomic mass is 32.1. The van der Waals surface area contributed by atoms with E-state index in [1.807, 2.05) is 41.9 Å². The number of hydrogen-bond donors (Lipinski definition) is 3. The normalized spacial score (nSPS) is 14.6. The molecule has 4 N–H and O–H groups in total. The van der Waals surface area contributed by atoms with Crippen molar-refractivity contribution in [2.45, 2.75) is 12.2 Å². The van der Waals surface area contributed by atoms with Gasteiger partial charge in [-0.1, -0.05) is 30.3 Å². The Bertz CT molecular complexity index is 708. The predicted molar refractivity (Wildman–Crippen MR) is 78.5 cm³/mol. The molecule has 0 saturated heterocycles. The van der Waals surface area contributed by atoms with Crippen LogP contribution in [0.3, 0.4) is 0 Å². The average Bonchev–Trinajstić information content (AvgIpc) is 3.07. The van der Waals surface area contributed by atoms with Crippen LogP contribution in [0.15, 0.2) is 41.9 Å². The van der Waals surface area contributed by atoms with Crippen LogP contribution in [0.1, 0.15) is 11.8 Å². The Labute approximate surface area is 119 Å². The molecule has 0 aliphatic carbocycles. The molecule has 0 spiro atoms. The number of thiazole rings is 1. The third kappa shape index (κ3) is 2.12. The van der Waals surface area contributed by atoms with Gasteiger partial charge in [-0.3, -0.25) is 4.40 Å². The summed E-state index contributed by atoms with van der Waals surface area (Å²) in [5, 5.41) is 22.1. The van der Waals surface area contributed by atoms with Crippen LogP contribution in [-0.2, 0) is 0 Å². The van der Waals surface area contributed by atoms with Crippen molar-refractivity contribution in [3.05, 3.63) is 47.6 Å². The smallest absolute Gasteiger partial charge is 0.194 e. The van der Waals surface area contributed by atoms with Crippen molar-refractivity contribution < 1.29 is 10.2 Å². The fraction of sp³-hybridized carbons (Fsp3) is 0.214. The lowest BCUT2D eigenvalue weighted by atomic mass is 10.0. The first kappa shape index (κ1) is 13.3. The van der Waals surface area contributed by atoms with Crippen LogP contribution in [0.4, 0.5) is 0 Å². The van der Waals surface area contributed by atoms with Gasteiger partial charge in [0.05, 0.1) is 17.5 Å². The molecule has 0 aliphatic rings. The first-order valence-electron chi connectivity index (χ1n) is 6.29. The molecule has 104 valence electrons. The van der Waals surface area contributed by atoms with Crippen LogP contribution < -0.4 is 5.73 Å². The highest BCUT2D eigenvalue weighted by molar-refractivity contribution is 7.15. The highest BCUT2D eigenvalue weighted by Gasteiger charge is 2.26. The standard InChI is InChI=1S/C14H15N3O2S/c15-8-10(18)13(19)12-11(9-4-2-1-3-5-9)16-14-17(12)6-7-20-14/h1-7,10,13,18-19H,8,15H2. The maximum Gasteiger partial charge on any atom is 0.194 e. The third-order valence-electron chi connectivity index (χ3n) is 3.23. The second kappa shape index (κ2) is 5.34. The second-order valence-electron chi connectivity index (χ2n) is 4.52. The van der Waals surface area contributed by atoms with Crippen molar-refractivity contribution in [1.82, 2.24) is 9.38 Å². The number of rotatable bonds is 4. The van der Waals surface area contributed by atoms with E-state index in [4.69, 9.17) is 5.73 Å².